The minimum atomic E-state index is -0.184. The van der Waals surface area contributed by atoms with Crippen molar-refractivity contribution in [2.24, 2.45) is 0 Å². The molecule has 3 nitrogen and oxygen atoms in total. The van der Waals surface area contributed by atoms with E-state index >= 15 is 0 Å². The Kier molecular flexibility index (Phi) is 4.59. The van der Waals surface area contributed by atoms with Crippen LogP contribution in [0.2, 0.25) is 4.34 Å². The first-order valence-electron chi connectivity index (χ1n) is 6.56. The van der Waals surface area contributed by atoms with E-state index in [1.165, 1.54) is 11.3 Å². The Bertz CT molecular complexity index is 659. The second-order valence-electron chi connectivity index (χ2n) is 5.72. The van der Waals surface area contributed by atoms with Crippen LogP contribution in [0.3, 0.4) is 0 Å². The highest BCUT2D eigenvalue weighted by Crippen LogP contribution is 2.32. The number of carbonyl (C=O) groups excluding carboxylic acids is 1. The molecule has 0 aliphatic heterocycles. The number of ether oxygens (including phenoxy) is 1. The van der Waals surface area contributed by atoms with Crippen LogP contribution < -0.4 is 10.1 Å². The van der Waals surface area contributed by atoms with Crippen LogP contribution in [0.25, 0.3) is 0 Å². The fraction of sp³-hybridized carbons (Fsp3) is 0.312. The molecule has 0 saturated heterocycles. The van der Waals surface area contributed by atoms with Gasteiger partial charge in [-0.3, -0.25) is 4.79 Å². The van der Waals surface area contributed by atoms with Crippen molar-refractivity contribution in [1.82, 2.24) is 0 Å². The summed E-state index contributed by atoms with van der Waals surface area (Å²) in [7, 11) is 1.59. The molecule has 1 N–H and O–H groups in total. The van der Waals surface area contributed by atoms with Gasteiger partial charge < -0.3 is 10.1 Å². The first-order valence-corrected chi connectivity index (χ1v) is 7.76. The number of nitrogens with one attached hydrogen (secondary N) is 1. The van der Waals surface area contributed by atoms with Crippen molar-refractivity contribution in [2.45, 2.75) is 26.2 Å². The molecule has 21 heavy (non-hydrogen) atoms. The topological polar surface area (TPSA) is 38.3 Å². The van der Waals surface area contributed by atoms with Gasteiger partial charge in [-0.1, -0.05) is 38.4 Å². The van der Waals surface area contributed by atoms with E-state index in [0.29, 0.717) is 20.7 Å². The molecule has 0 saturated carbocycles. The van der Waals surface area contributed by atoms with Crippen LogP contribution in [-0.2, 0) is 5.41 Å². The van der Waals surface area contributed by atoms with E-state index in [9.17, 15) is 4.79 Å². The molecule has 0 bridgehead atoms. The predicted molar refractivity (Wildman–Crippen MR) is 89.0 cm³/mol. The molecule has 0 unspecified atom stereocenters. The van der Waals surface area contributed by atoms with Crippen molar-refractivity contribution >= 4 is 34.5 Å². The van der Waals surface area contributed by atoms with Gasteiger partial charge in [-0.05, 0) is 35.2 Å². The maximum Gasteiger partial charge on any atom is 0.265 e. The molecule has 5 heteroatoms. The second kappa shape index (κ2) is 6.08. The standard InChI is InChI=1S/C16H18ClNO2S/c1-16(2,3)10-5-6-12(20-4)11(9-10)18-15(19)13-7-8-14(17)21-13/h5-9H,1-4H3,(H,18,19). The maximum atomic E-state index is 12.2. The zero-order valence-electron chi connectivity index (χ0n) is 12.5. The number of hydrogen-bond acceptors (Lipinski definition) is 3. The van der Waals surface area contributed by atoms with Crippen LogP contribution >= 0.6 is 22.9 Å². The average Bonchev–Trinajstić information content (AvgIpc) is 2.84. The Morgan fingerprint density at radius 3 is 2.48 bits per heavy atom. The summed E-state index contributed by atoms with van der Waals surface area (Å²) in [6.45, 7) is 6.37. The van der Waals surface area contributed by atoms with Crippen molar-refractivity contribution in [2.75, 3.05) is 12.4 Å². The Morgan fingerprint density at radius 1 is 1.24 bits per heavy atom. The lowest BCUT2D eigenvalue weighted by Crippen LogP contribution is -2.14. The fourth-order valence-corrected chi connectivity index (χ4v) is 2.83. The second-order valence-corrected chi connectivity index (χ2v) is 7.44. The Morgan fingerprint density at radius 2 is 1.95 bits per heavy atom. The molecule has 1 aromatic heterocycles. The number of carbonyl (C=O) groups is 1. The van der Waals surface area contributed by atoms with Gasteiger partial charge in [-0.2, -0.15) is 0 Å². The van der Waals surface area contributed by atoms with Gasteiger partial charge in [0.1, 0.15) is 5.75 Å². The number of halogens is 1. The van der Waals surface area contributed by atoms with Crippen molar-refractivity contribution in [3.8, 4) is 5.75 Å². The number of benzene rings is 1. The number of amides is 1. The average molecular weight is 324 g/mol. The van der Waals surface area contributed by atoms with E-state index in [1.807, 2.05) is 18.2 Å². The molecule has 2 rings (SSSR count). The van der Waals surface area contributed by atoms with Crippen LogP contribution in [-0.4, -0.2) is 13.0 Å². The highest BCUT2D eigenvalue weighted by atomic mass is 35.5. The first-order chi connectivity index (χ1) is 9.81. The van der Waals surface area contributed by atoms with Gasteiger partial charge in [0.2, 0.25) is 0 Å². The predicted octanol–water partition coefficient (Wildman–Crippen LogP) is 4.96. The molecular weight excluding hydrogens is 306 g/mol. The van der Waals surface area contributed by atoms with Gasteiger partial charge in [0.15, 0.2) is 0 Å². The summed E-state index contributed by atoms with van der Waals surface area (Å²) < 4.78 is 5.91. The summed E-state index contributed by atoms with van der Waals surface area (Å²) in [5.74, 6) is 0.454. The van der Waals surface area contributed by atoms with Gasteiger partial charge in [0.05, 0.1) is 22.0 Å². The lowest BCUT2D eigenvalue weighted by molar-refractivity contribution is 0.103. The quantitative estimate of drug-likeness (QED) is 0.867. The van der Waals surface area contributed by atoms with Crippen LogP contribution in [0.5, 0.6) is 5.75 Å². The summed E-state index contributed by atoms with van der Waals surface area (Å²) >= 11 is 7.12. The number of methoxy groups -OCH3 is 1. The number of thiophene rings is 1. The van der Waals surface area contributed by atoms with Gasteiger partial charge in [-0.25, -0.2) is 0 Å². The molecule has 112 valence electrons. The molecular formula is C16H18ClNO2S. The molecule has 0 aliphatic rings. The summed E-state index contributed by atoms with van der Waals surface area (Å²) in [6.07, 6.45) is 0. The summed E-state index contributed by atoms with van der Waals surface area (Å²) in [5, 5.41) is 2.89. The van der Waals surface area contributed by atoms with E-state index in [1.54, 1.807) is 19.2 Å². The Labute approximate surface area is 133 Å². The van der Waals surface area contributed by atoms with E-state index in [4.69, 9.17) is 16.3 Å². The summed E-state index contributed by atoms with van der Waals surface area (Å²) in [5.41, 5.74) is 1.79. The molecule has 2 aromatic rings. The van der Waals surface area contributed by atoms with Crippen molar-refractivity contribution in [1.29, 1.82) is 0 Å². The van der Waals surface area contributed by atoms with E-state index < -0.39 is 0 Å². The normalized spacial score (nSPS) is 11.3. The van der Waals surface area contributed by atoms with Gasteiger partial charge in [0.25, 0.3) is 5.91 Å². The first kappa shape index (κ1) is 15.9. The van der Waals surface area contributed by atoms with Crippen molar-refractivity contribution < 1.29 is 9.53 Å². The van der Waals surface area contributed by atoms with Gasteiger partial charge in [0, 0.05) is 0 Å². The zero-order chi connectivity index (χ0) is 15.6. The molecule has 1 aromatic carbocycles. The third-order valence-corrected chi connectivity index (χ3v) is 4.34. The van der Waals surface area contributed by atoms with E-state index in [-0.39, 0.29) is 11.3 Å². The monoisotopic (exact) mass is 323 g/mol. The van der Waals surface area contributed by atoms with Crippen LogP contribution in [0.15, 0.2) is 30.3 Å². The minimum absolute atomic E-state index is 0.00199. The SMILES string of the molecule is COc1ccc(C(C)(C)C)cc1NC(=O)c1ccc(Cl)s1. The third kappa shape index (κ3) is 3.77. The lowest BCUT2D eigenvalue weighted by Gasteiger charge is -2.21. The highest BCUT2D eigenvalue weighted by molar-refractivity contribution is 7.18. The van der Waals surface area contributed by atoms with Gasteiger partial charge >= 0.3 is 0 Å². The summed E-state index contributed by atoms with van der Waals surface area (Å²) in [4.78, 5) is 12.8. The lowest BCUT2D eigenvalue weighted by atomic mass is 9.87. The maximum absolute atomic E-state index is 12.2. The number of rotatable bonds is 3. The number of hydrogen-bond donors (Lipinski definition) is 1. The van der Waals surface area contributed by atoms with Crippen molar-refractivity contribution in [3.63, 3.8) is 0 Å². The molecule has 0 aliphatic carbocycles. The molecule has 0 atom stereocenters. The number of anilines is 1. The van der Waals surface area contributed by atoms with Crippen LogP contribution in [0.4, 0.5) is 5.69 Å². The smallest absolute Gasteiger partial charge is 0.265 e. The molecule has 1 heterocycles. The minimum Gasteiger partial charge on any atom is -0.495 e. The van der Waals surface area contributed by atoms with Crippen LogP contribution in [0.1, 0.15) is 36.0 Å². The van der Waals surface area contributed by atoms with E-state index in [2.05, 4.69) is 26.1 Å². The summed E-state index contributed by atoms with van der Waals surface area (Å²) in [6, 6.07) is 9.26. The largest absolute Gasteiger partial charge is 0.495 e. The molecule has 1 amide bonds. The third-order valence-electron chi connectivity index (χ3n) is 3.11. The fourth-order valence-electron chi connectivity index (χ4n) is 1.89. The van der Waals surface area contributed by atoms with Gasteiger partial charge in [-0.15, -0.1) is 11.3 Å². The van der Waals surface area contributed by atoms with Crippen LogP contribution in [0, 0.1) is 0 Å². The molecule has 0 spiro atoms. The zero-order valence-corrected chi connectivity index (χ0v) is 14.1. The molecule has 0 radical (unpaired) electrons. The van der Waals surface area contributed by atoms with Crippen molar-refractivity contribution in [3.05, 3.63) is 45.1 Å². The highest BCUT2D eigenvalue weighted by Gasteiger charge is 2.18. The van der Waals surface area contributed by atoms with E-state index in [0.717, 1.165) is 5.56 Å². The Balaban J connectivity index is 2.31. The molecule has 0 fully saturated rings. The Hall–Kier alpha value is -1.52.